The van der Waals surface area contributed by atoms with Crippen molar-refractivity contribution < 1.29 is 4.79 Å². The average molecular weight is 260 g/mol. The van der Waals surface area contributed by atoms with E-state index < -0.39 is 0 Å². The maximum Gasteiger partial charge on any atom is 0.266 e. The largest absolute Gasteiger partial charge is 0.399 e. The highest BCUT2D eigenvalue weighted by Gasteiger charge is 2.12. The molecule has 1 aromatic carbocycles. The van der Waals surface area contributed by atoms with Crippen LogP contribution in [0.25, 0.3) is 0 Å². The van der Waals surface area contributed by atoms with Gasteiger partial charge in [-0.2, -0.15) is 0 Å². The first-order valence-corrected chi connectivity index (χ1v) is 6.73. The van der Waals surface area contributed by atoms with Crippen LogP contribution in [-0.2, 0) is 6.42 Å². The maximum absolute atomic E-state index is 12.1. The van der Waals surface area contributed by atoms with Gasteiger partial charge < -0.3 is 11.1 Å². The molecule has 0 aliphatic rings. The van der Waals surface area contributed by atoms with Crippen molar-refractivity contribution in [3.63, 3.8) is 0 Å². The van der Waals surface area contributed by atoms with Gasteiger partial charge in [-0.05, 0) is 54.1 Å². The van der Waals surface area contributed by atoms with E-state index in [4.69, 9.17) is 5.73 Å². The Morgan fingerprint density at radius 1 is 1.39 bits per heavy atom. The Hall–Kier alpha value is -1.81. The Bertz CT molecular complexity index is 575. The zero-order chi connectivity index (χ0) is 13.1. The van der Waals surface area contributed by atoms with Gasteiger partial charge >= 0.3 is 0 Å². The number of benzene rings is 1. The molecule has 0 aliphatic carbocycles. The van der Waals surface area contributed by atoms with Crippen LogP contribution in [0.4, 0.5) is 11.4 Å². The van der Waals surface area contributed by atoms with Gasteiger partial charge in [0.1, 0.15) is 0 Å². The normalized spacial score (nSPS) is 10.3. The van der Waals surface area contributed by atoms with E-state index in [0.29, 0.717) is 0 Å². The van der Waals surface area contributed by atoms with Crippen molar-refractivity contribution in [1.29, 1.82) is 0 Å². The molecule has 0 saturated carbocycles. The number of nitrogen functional groups attached to an aromatic ring is 1. The molecule has 0 bridgehead atoms. The van der Waals surface area contributed by atoms with E-state index in [-0.39, 0.29) is 5.91 Å². The van der Waals surface area contributed by atoms with E-state index in [0.717, 1.165) is 33.8 Å². The summed E-state index contributed by atoms with van der Waals surface area (Å²) in [6, 6.07) is 7.50. The van der Waals surface area contributed by atoms with E-state index in [1.165, 1.54) is 11.3 Å². The number of rotatable bonds is 3. The summed E-state index contributed by atoms with van der Waals surface area (Å²) in [5.41, 5.74) is 9.32. The van der Waals surface area contributed by atoms with Crippen LogP contribution >= 0.6 is 11.3 Å². The molecule has 1 aromatic heterocycles. The molecule has 0 fully saturated rings. The topological polar surface area (TPSA) is 55.1 Å². The minimum Gasteiger partial charge on any atom is -0.399 e. The Labute approximate surface area is 111 Å². The number of aryl methyl sites for hydroxylation is 2. The van der Waals surface area contributed by atoms with Crippen LogP contribution in [0.15, 0.2) is 29.6 Å². The Balaban J connectivity index is 2.19. The quantitative estimate of drug-likeness (QED) is 0.830. The van der Waals surface area contributed by atoms with Crippen molar-refractivity contribution in [2.45, 2.75) is 20.3 Å². The molecular weight excluding hydrogens is 244 g/mol. The number of amides is 1. The molecule has 0 radical (unpaired) electrons. The summed E-state index contributed by atoms with van der Waals surface area (Å²) < 4.78 is 0. The number of hydrogen-bond acceptors (Lipinski definition) is 3. The summed E-state index contributed by atoms with van der Waals surface area (Å²) in [6.45, 7) is 3.97. The zero-order valence-electron chi connectivity index (χ0n) is 10.5. The van der Waals surface area contributed by atoms with Crippen LogP contribution in [0.1, 0.15) is 27.7 Å². The van der Waals surface area contributed by atoms with Crippen molar-refractivity contribution in [3.05, 3.63) is 45.6 Å². The van der Waals surface area contributed by atoms with E-state index in [2.05, 4.69) is 5.32 Å². The molecule has 3 N–H and O–H groups in total. The highest BCUT2D eigenvalue weighted by Crippen LogP contribution is 2.21. The molecule has 2 aromatic rings. The molecule has 1 heterocycles. The van der Waals surface area contributed by atoms with Gasteiger partial charge in [-0.3, -0.25) is 4.79 Å². The minimum absolute atomic E-state index is 0.0500. The van der Waals surface area contributed by atoms with Crippen molar-refractivity contribution in [2.75, 3.05) is 11.1 Å². The summed E-state index contributed by atoms with van der Waals surface area (Å²) in [7, 11) is 0. The molecule has 0 aliphatic heterocycles. The highest BCUT2D eigenvalue weighted by molar-refractivity contribution is 7.12. The van der Waals surface area contributed by atoms with Crippen molar-refractivity contribution in [3.8, 4) is 0 Å². The molecule has 0 unspecified atom stereocenters. The molecule has 18 heavy (non-hydrogen) atoms. The molecular formula is C14H16N2OS. The lowest BCUT2D eigenvalue weighted by atomic mass is 10.1. The summed E-state index contributed by atoms with van der Waals surface area (Å²) >= 11 is 1.47. The lowest BCUT2D eigenvalue weighted by molar-refractivity contribution is 0.103. The molecule has 94 valence electrons. The second-order valence-corrected chi connectivity index (χ2v) is 5.07. The second-order valence-electron chi connectivity index (χ2n) is 4.15. The summed E-state index contributed by atoms with van der Waals surface area (Å²) in [5, 5.41) is 4.85. The molecule has 1 amide bonds. The van der Waals surface area contributed by atoms with Crippen molar-refractivity contribution >= 4 is 28.6 Å². The smallest absolute Gasteiger partial charge is 0.266 e. The molecule has 0 spiro atoms. The fourth-order valence-corrected chi connectivity index (χ4v) is 2.64. The lowest BCUT2D eigenvalue weighted by Gasteiger charge is -2.07. The Kier molecular flexibility index (Phi) is 3.67. The van der Waals surface area contributed by atoms with Gasteiger partial charge in [0.05, 0.1) is 4.88 Å². The Morgan fingerprint density at radius 2 is 2.17 bits per heavy atom. The first-order chi connectivity index (χ1) is 8.61. The third-order valence-corrected chi connectivity index (χ3v) is 3.82. The number of nitrogens with two attached hydrogens (primary N) is 1. The molecule has 3 nitrogen and oxygen atoms in total. The van der Waals surface area contributed by atoms with Crippen LogP contribution < -0.4 is 11.1 Å². The van der Waals surface area contributed by atoms with Crippen LogP contribution in [-0.4, -0.2) is 5.91 Å². The summed E-state index contributed by atoms with van der Waals surface area (Å²) in [4.78, 5) is 12.9. The predicted octanol–water partition coefficient (Wildman–Crippen LogP) is 3.45. The molecule has 4 heteroatoms. The van der Waals surface area contributed by atoms with E-state index in [9.17, 15) is 4.79 Å². The third-order valence-electron chi connectivity index (χ3n) is 2.86. The third kappa shape index (κ3) is 2.54. The Morgan fingerprint density at radius 3 is 2.83 bits per heavy atom. The monoisotopic (exact) mass is 260 g/mol. The molecule has 0 atom stereocenters. The van der Waals surface area contributed by atoms with E-state index in [1.54, 1.807) is 6.07 Å². The standard InChI is InChI=1S/C14H16N2OS/c1-3-10-6-7-18-13(10)14(17)16-11-4-5-12(15)9(2)8-11/h4-8H,3,15H2,1-2H3,(H,16,17). The first kappa shape index (κ1) is 12.6. The van der Waals surface area contributed by atoms with Gasteiger partial charge in [-0.15, -0.1) is 11.3 Å². The number of thiophene rings is 1. The zero-order valence-corrected chi connectivity index (χ0v) is 11.3. The number of nitrogens with one attached hydrogen (secondary N) is 1. The van der Waals surface area contributed by atoms with Crippen LogP contribution in [0.2, 0.25) is 0 Å². The summed E-state index contributed by atoms with van der Waals surface area (Å²) in [6.07, 6.45) is 0.868. The number of carbonyl (C=O) groups excluding carboxylic acids is 1. The van der Waals surface area contributed by atoms with Gasteiger partial charge in [-0.25, -0.2) is 0 Å². The first-order valence-electron chi connectivity index (χ1n) is 5.85. The van der Waals surface area contributed by atoms with Crippen LogP contribution in [0.3, 0.4) is 0 Å². The average Bonchev–Trinajstić information content (AvgIpc) is 2.82. The fraction of sp³-hybridized carbons (Fsp3) is 0.214. The van der Waals surface area contributed by atoms with Gasteiger partial charge in [0.15, 0.2) is 0 Å². The SMILES string of the molecule is CCc1ccsc1C(=O)Nc1ccc(N)c(C)c1. The van der Waals surface area contributed by atoms with Gasteiger partial charge in [0, 0.05) is 11.4 Å². The fourth-order valence-electron chi connectivity index (χ4n) is 1.75. The van der Waals surface area contributed by atoms with Crippen LogP contribution in [0, 0.1) is 6.92 Å². The molecule has 0 saturated heterocycles. The molecule has 2 rings (SSSR count). The summed E-state index contributed by atoms with van der Waals surface area (Å²) in [5.74, 6) is -0.0500. The maximum atomic E-state index is 12.1. The van der Waals surface area contributed by atoms with Gasteiger partial charge in [0.2, 0.25) is 0 Å². The number of hydrogen-bond donors (Lipinski definition) is 2. The van der Waals surface area contributed by atoms with Crippen molar-refractivity contribution in [2.24, 2.45) is 0 Å². The second kappa shape index (κ2) is 5.23. The van der Waals surface area contributed by atoms with Crippen LogP contribution in [0.5, 0.6) is 0 Å². The predicted molar refractivity (Wildman–Crippen MR) is 77.2 cm³/mol. The van der Waals surface area contributed by atoms with Gasteiger partial charge in [0.25, 0.3) is 5.91 Å². The minimum atomic E-state index is -0.0500. The van der Waals surface area contributed by atoms with Crippen molar-refractivity contribution in [1.82, 2.24) is 0 Å². The lowest BCUT2D eigenvalue weighted by Crippen LogP contribution is -2.12. The van der Waals surface area contributed by atoms with Gasteiger partial charge in [-0.1, -0.05) is 6.92 Å². The number of carbonyl (C=O) groups is 1. The van der Waals surface area contributed by atoms with E-state index >= 15 is 0 Å². The van der Waals surface area contributed by atoms with E-state index in [1.807, 2.05) is 37.4 Å². The highest BCUT2D eigenvalue weighted by atomic mass is 32.1. The number of anilines is 2.